The number of methoxy groups -OCH3 is 2. The zero-order chi connectivity index (χ0) is 15.2. The first-order valence-corrected chi connectivity index (χ1v) is 6.28. The molecule has 21 heavy (non-hydrogen) atoms. The topological polar surface area (TPSA) is 90.5 Å². The maximum Gasteiger partial charge on any atom is 0.185 e. The lowest BCUT2D eigenvalue weighted by atomic mass is 10.2. The summed E-state index contributed by atoms with van der Waals surface area (Å²) in [5.41, 5.74) is 6.70. The lowest BCUT2D eigenvalue weighted by Crippen LogP contribution is -2.10. The number of nitrogens with two attached hydrogens (primary N) is 1. The summed E-state index contributed by atoms with van der Waals surface area (Å²) in [5, 5.41) is 7.34. The Hall–Kier alpha value is -2.76. The SMILES string of the molecule is COc1ccnc(COc2ccc(C(=N)N)cc2)c1OC. The Kier molecular flexibility index (Phi) is 4.61. The van der Waals surface area contributed by atoms with Crippen LogP contribution < -0.4 is 19.9 Å². The molecule has 0 aliphatic rings. The average molecular weight is 287 g/mol. The maximum absolute atomic E-state index is 7.34. The Balaban J connectivity index is 2.11. The van der Waals surface area contributed by atoms with Gasteiger partial charge in [-0.1, -0.05) is 0 Å². The normalized spacial score (nSPS) is 10.0. The molecule has 0 bridgehead atoms. The predicted octanol–water partition coefficient (Wildman–Crippen LogP) is 1.96. The van der Waals surface area contributed by atoms with Gasteiger partial charge in [0.2, 0.25) is 0 Å². The largest absolute Gasteiger partial charge is 0.493 e. The van der Waals surface area contributed by atoms with Gasteiger partial charge in [0.1, 0.15) is 23.9 Å². The van der Waals surface area contributed by atoms with Crippen LogP contribution in [-0.4, -0.2) is 25.0 Å². The highest BCUT2D eigenvalue weighted by Gasteiger charge is 2.11. The summed E-state index contributed by atoms with van der Waals surface area (Å²) < 4.78 is 16.2. The van der Waals surface area contributed by atoms with Crippen molar-refractivity contribution in [2.45, 2.75) is 6.61 Å². The Morgan fingerprint density at radius 1 is 1.14 bits per heavy atom. The summed E-state index contributed by atoms with van der Waals surface area (Å²) in [6.07, 6.45) is 1.64. The molecule has 1 heterocycles. The molecule has 110 valence electrons. The van der Waals surface area contributed by atoms with E-state index in [1.807, 2.05) is 0 Å². The van der Waals surface area contributed by atoms with Crippen LogP contribution in [0.4, 0.5) is 0 Å². The highest BCUT2D eigenvalue weighted by atomic mass is 16.5. The van der Waals surface area contributed by atoms with Crippen molar-refractivity contribution in [3.05, 3.63) is 47.8 Å². The summed E-state index contributed by atoms with van der Waals surface area (Å²) in [5.74, 6) is 1.85. The fraction of sp³-hybridized carbons (Fsp3) is 0.200. The molecule has 0 radical (unpaired) electrons. The van der Waals surface area contributed by atoms with Gasteiger partial charge in [-0.3, -0.25) is 10.4 Å². The van der Waals surface area contributed by atoms with Crippen LogP contribution in [0.15, 0.2) is 36.5 Å². The lowest BCUT2D eigenvalue weighted by Gasteiger charge is -2.12. The van der Waals surface area contributed by atoms with Gasteiger partial charge in [-0.2, -0.15) is 0 Å². The first-order valence-electron chi connectivity index (χ1n) is 6.28. The van der Waals surface area contributed by atoms with E-state index in [-0.39, 0.29) is 12.4 Å². The van der Waals surface area contributed by atoms with Crippen LogP contribution in [0.5, 0.6) is 17.2 Å². The molecule has 0 atom stereocenters. The van der Waals surface area contributed by atoms with Crippen molar-refractivity contribution in [2.75, 3.05) is 14.2 Å². The Bertz CT molecular complexity index is 627. The first-order chi connectivity index (χ1) is 10.2. The Morgan fingerprint density at radius 3 is 2.43 bits per heavy atom. The second-order valence-corrected chi connectivity index (χ2v) is 4.22. The summed E-state index contributed by atoms with van der Waals surface area (Å²) in [6.45, 7) is 0.250. The lowest BCUT2D eigenvalue weighted by molar-refractivity contribution is 0.285. The average Bonchev–Trinajstić information content (AvgIpc) is 2.52. The highest BCUT2D eigenvalue weighted by Crippen LogP contribution is 2.29. The van der Waals surface area contributed by atoms with Crippen LogP contribution in [-0.2, 0) is 6.61 Å². The van der Waals surface area contributed by atoms with Crippen molar-refractivity contribution in [1.29, 1.82) is 5.41 Å². The molecule has 3 N–H and O–H groups in total. The number of aromatic nitrogens is 1. The molecule has 0 unspecified atom stereocenters. The minimum Gasteiger partial charge on any atom is -0.493 e. The monoisotopic (exact) mass is 287 g/mol. The van der Waals surface area contributed by atoms with E-state index < -0.39 is 0 Å². The second kappa shape index (κ2) is 6.60. The summed E-state index contributed by atoms with van der Waals surface area (Å²) in [7, 11) is 3.13. The van der Waals surface area contributed by atoms with Gasteiger partial charge in [-0.05, 0) is 24.3 Å². The van der Waals surface area contributed by atoms with Crippen LogP contribution in [0.1, 0.15) is 11.3 Å². The summed E-state index contributed by atoms with van der Waals surface area (Å²) in [6, 6.07) is 8.69. The Morgan fingerprint density at radius 2 is 1.86 bits per heavy atom. The van der Waals surface area contributed by atoms with Crippen LogP contribution in [0.2, 0.25) is 0 Å². The second-order valence-electron chi connectivity index (χ2n) is 4.22. The molecule has 0 saturated heterocycles. The number of hydrogen-bond acceptors (Lipinski definition) is 5. The minimum absolute atomic E-state index is 0.0256. The molecule has 2 rings (SSSR count). The van der Waals surface area contributed by atoms with Crippen molar-refractivity contribution < 1.29 is 14.2 Å². The number of benzene rings is 1. The summed E-state index contributed by atoms with van der Waals surface area (Å²) >= 11 is 0. The van der Waals surface area contributed by atoms with Gasteiger partial charge in [0.25, 0.3) is 0 Å². The maximum atomic E-state index is 7.34. The van der Waals surface area contributed by atoms with Crippen LogP contribution >= 0.6 is 0 Å². The van der Waals surface area contributed by atoms with Gasteiger partial charge in [-0.15, -0.1) is 0 Å². The number of rotatable bonds is 6. The first kappa shape index (κ1) is 14.6. The summed E-state index contributed by atoms with van der Waals surface area (Å²) in [4.78, 5) is 4.23. The highest BCUT2D eigenvalue weighted by molar-refractivity contribution is 5.94. The molecule has 0 amide bonds. The van der Waals surface area contributed by atoms with Gasteiger partial charge in [0.05, 0.1) is 14.2 Å². The van der Waals surface area contributed by atoms with E-state index in [1.54, 1.807) is 50.7 Å². The third kappa shape index (κ3) is 3.42. The standard InChI is InChI=1S/C15H17N3O3/c1-19-13-7-8-18-12(14(13)20-2)9-21-11-5-3-10(4-6-11)15(16)17/h3-8H,9H2,1-2H3,(H3,16,17). The molecule has 2 aromatic rings. The smallest absolute Gasteiger partial charge is 0.185 e. The third-order valence-corrected chi connectivity index (χ3v) is 2.91. The number of nitrogens with one attached hydrogen (secondary N) is 1. The van der Waals surface area contributed by atoms with E-state index in [4.69, 9.17) is 25.4 Å². The fourth-order valence-electron chi connectivity index (χ4n) is 1.84. The van der Waals surface area contributed by atoms with Crippen molar-refractivity contribution >= 4 is 5.84 Å². The third-order valence-electron chi connectivity index (χ3n) is 2.91. The van der Waals surface area contributed by atoms with Gasteiger partial charge in [0.15, 0.2) is 11.5 Å². The molecule has 1 aromatic carbocycles. The van der Waals surface area contributed by atoms with E-state index >= 15 is 0 Å². The molecule has 6 nitrogen and oxygen atoms in total. The van der Waals surface area contributed by atoms with E-state index in [9.17, 15) is 0 Å². The van der Waals surface area contributed by atoms with Crippen molar-refractivity contribution in [2.24, 2.45) is 5.73 Å². The quantitative estimate of drug-likeness (QED) is 0.626. The van der Waals surface area contributed by atoms with Crippen LogP contribution in [0.3, 0.4) is 0 Å². The predicted molar refractivity (Wildman–Crippen MR) is 79.1 cm³/mol. The molecular formula is C15H17N3O3. The molecule has 6 heteroatoms. The molecule has 1 aromatic heterocycles. The van der Waals surface area contributed by atoms with Crippen molar-refractivity contribution in [1.82, 2.24) is 4.98 Å². The molecule has 0 spiro atoms. The fourth-order valence-corrected chi connectivity index (χ4v) is 1.84. The van der Waals surface area contributed by atoms with E-state index in [0.29, 0.717) is 28.5 Å². The van der Waals surface area contributed by atoms with Crippen molar-refractivity contribution in [3.63, 3.8) is 0 Å². The van der Waals surface area contributed by atoms with Gasteiger partial charge in [-0.25, -0.2) is 0 Å². The molecule has 0 aliphatic carbocycles. The van der Waals surface area contributed by atoms with Crippen LogP contribution in [0.25, 0.3) is 0 Å². The number of ether oxygens (including phenoxy) is 3. The number of hydrogen-bond donors (Lipinski definition) is 2. The van der Waals surface area contributed by atoms with Crippen LogP contribution in [0, 0.1) is 5.41 Å². The molecule has 0 saturated carbocycles. The van der Waals surface area contributed by atoms with Gasteiger partial charge >= 0.3 is 0 Å². The molecular weight excluding hydrogens is 270 g/mol. The number of pyridine rings is 1. The van der Waals surface area contributed by atoms with Crippen molar-refractivity contribution in [3.8, 4) is 17.2 Å². The zero-order valence-corrected chi connectivity index (χ0v) is 11.9. The zero-order valence-electron chi connectivity index (χ0n) is 11.9. The number of nitrogens with zero attached hydrogens (tertiary/aromatic N) is 1. The molecule has 0 fully saturated rings. The number of amidine groups is 1. The Labute approximate surface area is 123 Å². The number of nitrogen functional groups attached to an aromatic ring is 1. The molecule has 0 aliphatic heterocycles. The van der Waals surface area contributed by atoms with Gasteiger partial charge < -0.3 is 19.9 Å². The van der Waals surface area contributed by atoms with E-state index in [1.165, 1.54) is 0 Å². The van der Waals surface area contributed by atoms with Gasteiger partial charge in [0, 0.05) is 17.8 Å². The van der Waals surface area contributed by atoms with E-state index in [2.05, 4.69) is 4.98 Å². The minimum atomic E-state index is 0.0256. The van der Waals surface area contributed by atoms with E-state index in [0.717, 1.165) is 0 Å².